The first-order valence-electron chi connectivity index (χ1n) is 11.9. The van der Waals surface area contributed by atoms with Gasteiger partial charge in [-0.05, 0) is 91.2 Å². The fraction of sp³-hybridized carbons (Fsp3) is 0.0968. The van der Waals surface area contributed by atoms with Crippen molar-refractivity contribution >= 4 is 22.6 Å². The van der Waals surface area contributed by atoms with Crippen molar-refractivity contribution in [2.24, 2.45) is 0 Å². The molecular formula is C31H22FNO4. The summed E-state index contributed by atoms with van der Waals surface area (Å²) in [4.78, 5) is 29.1. The van der Waals surface area contributed by atoms with E-state index in [9.17, 15) is 14.0 Å². The van der Waals surface area contributed by atoms with Gasteiger partial charge in [0.1, 0.15) is 22.9 Å². The number of anilines is 1. The van der Waals surface area contributed by atoms with Crippen LogP contribution in [0, 0.1) is 19.7 Å². The van der Waals surface area contributed by atoms with Crippen LogP contribution >= 0.6 is 0 Å². The van der Waals surface area contributed by atoms with Crippen LogP contribution in [-0.4, -0.2) is 5.91 Å². The van der Waals surface area contributed by atoms with Gasteiger partial charge in [0.05, 0.1) is 17.0 Å². The number of para-hydroxylation sites is 1. The van der Waals surface area contributed by atoms with Crippen LogP contribution in [0.25, 0.3) is 11.0 Å². The van der Waals surface area contributed by atoms with E-state index in [2.05, 4.69) is 0 Å². The molecule has 5 aromatic rings. The van der Waals surface area contributed by atoms with Crippen molar-refractivity contribution in [3.8, 4) is 11.5 Å². The van der Waals surface area contributed by atoms with Gasteiger partial charge in [0.2, 0.25) is 5.76 Å². The van der Waals surface area contributed by atoms with Gasteiger partial charge < -0.3 is 9.15 Å². The Balaban J connectivity index is 1.56. The largest absolute Gasteiger partial charge is 0.457 e. The van der Waals surface area contributed by atoms with E-state index in [1.165, 1.54) is 29.2 Å². The standard InChI is InChI=1S/C31H22FNO4/c1-18-15-25-26(16-19(18)2)37-30-27(29(25)34)28(33(31(30)35)22-13-11-21(32)12-14-22)20-7-6-10-24(17-20)36-23-8-4-3-5-9-23/h3-17,28H,1-2H3. The van der Waals surface area contributed by atoms with Crippen molar-refractivity contribution in [1.82, 2.24) is 0 Å². The first kappa shape index (κ1) is 22.7. The predicted octanol–water partition coefficient (Wildman–Crippen LogP) is 7.09. The number of carbonyl (C=O) groups excluding carboxylic acids is 1. The lowest BCUT2D eigenvalue weighted by atomic mass is 9.97. The molecule has 182 valence electrons. The van der Waals surface area contributed by atoms with Gasteiger partial charge in [0, 0.05) is 5.69 Å². The number of ether oxygens (including phenoxy) is 1. The number of amides is 1. The van der Waals surface area contributed by atoms with Gasteiger partial charge in [0.15, 0.2) is 5.43 Å². The van der Waals surface area contributed by atoms with E-state index < -0.39 is 17.8 Å². The molecule has 2 heterocycles. The summed E-state index contributed by atoms with van der Waals surface area (Å²) >= 11 is 0. The van der Waals surface area contributed by atoms with Crippen molar-refractivity contribution in [2.75, 3.05) is 4.90 Å². The second kappa shape index (κ2) is 8.75. The number of carbonyl (C=O) groups is 1. The molecule has 0 bridgehead atoms. The SMILES string of the molecule is Cc1cc2oc3c(c(=O)c2cc1C)C(c1cccc(Oc2ccccc2)c1)N(c1ccc(F)cc1)C3=O. The molecule has 6 rings (SSSR count). The van der Waals surface area contributed by atoms with Crippen molar-refractivity contribution < 1.29 is 18.3 Å². The maximum absolute atomic E-state index is 13.9. The molecule has 0 radical (unpaired) electrons. The van der Waals surface area contributed by atoms with Crippen LogP contribution in [0.15, 0.2) is 100 Å². The summed E-state index contributed by atoms with van der Waals surface area (Å²) in [7, 11) is 0. The normalized spacial score (nSPS) is 14.7. The number of nitrogens with zero attached hydrogens (tertiary/aromatic N) is 1. The number of aryl methyl sites for hydroxylation is 2. The second-order valence-electron chi connectivity index (χ2n) is 9.15. The van der Waals surface area contributed by atoms with Crippen molar-refractivity contribution in [3.63, 3.8) is 0 Å². The molecule has 0 saturated heterocycles. The Hall–Kier alpha value is -4.71. The summed E-state index contributed by atoms with van der Waals surface area (Å²) in [6.07, 6.45) is 0. The minimum atomic E-state index is -0.783. The molecule has 6 heteroatoms. The third-order valence-electron chi connectivity index (χ3n) is 6.74. The smallest absolute Gasteiger partial charge is 0.295 e. The molecule has 0 aliphatic carbocycles. The summed E-state index contributed by atoms with van der Waals surface area (Å²) in [5.41, 5.74) is 3.38. The quantitative estimate of drug-likeness (QED) is 0.269. The van der Waals surface area contributed by atoms with E-state index in [-0.39, 0.29) is 16.8 Å². The van der Waals surface area contributed by atoms with Crippen molar-refractivity contribution in [2.45, 2.75) is 19.9 Å². The molecule has 0 spiro atoms. The summed E-state index contributed by atoms with van der Waals surface area (Å²) < 4.78 is 25.9. The van der Waals surface area contributed by atoms with Crippen molar-refractivity contribution in [1.29, 1.82) is 0 Å². The van der Waals surface area contributed by atoms with E-state index in [1.807, 2.05) is 62.4 Å². The highest BCUT2D eigenvalue weighted by molar-refractivity contribution is 6.10. The predicted molar refractivity (Wildman–Crippen MR) is 140 cm³/mol. The van der Waals surface area contributed by atoms with Crippen molar-refractivity contribution in [3.05, 3.63) is 135 Å². The summed E-state index contributed by atoms with van der Waals surface area (Å²) in [5, 5.41) is 0.414. The van der Waals surface area contributed by atoms with E-state index in [4.69, 9.17) is 9.15 Å². The van der Waals surface area contributed by atoms with Crippen LogP contribution in [0.5, 0.6) is 11.5 Å². The zero-order valence-corrected chi connectivity index (χ0v) is 20.2. The Morgan fingerprint density at radius 2 is 1.51 bits per heavy atom. The number of fused-ring (bicyclic) bond motifs is 2. The molecular weight excluding hydrogens is 469 g/mol. The van der Waals surface area contributed by atoms with Crippen LogP contribution in [0.2, 0.25) is 0 Å². The summed E-state index contributed by atoms with van der Waals surface area (Å²) in [5.74, 6) is 0.325. The molecule has 5 nitrogen and oxygen atoms in total. The topological polar surface area (TPSA) is 59.8 Å². The van der Waals surface area contributed by atoms with E-state index >= 15 is 0 Å². The van der Waals surface area contributed by atoms with Crippen LogP contribution in [0.4, 0.5) is 10.1 Å². The number of benzene rings is 4. The summed E-state index contributed by atoms with van der Waals surface area (Å²) in [6, 6.07) is 25.0. The van der Waals surface area contributed by atoms with Crippen LogP contribution in [-0.2, 0) is 0 Å². The molecule has 1 aliphatic rings. The van der Waals surface area contributed by atoms with Gasteiger partial charge in [-0.15, -0.1) is 0 Å². The third kappa shape index (κ3) is 3.87. The first-order chi connectivity index (χ1) is 17.9. The van der Waals surface area contributed by atoms with E-state index in [1.54, 1.807) is 18.2 Å². The Labute approximate surface area is 212 Å². The highest BCUT2D eigenvalue weighted by Crippen LogP contribution is 2.42. The van der Waals surface area contributed by atoms with Gasteiger partial charge in [-0.3, -0.25) is 14.5 Å². The molecule has 1 aromatic heterocycles. The van der Waals surface area contributed by atoms with Crippen LogP contribution in [0.3, 0.4) is 0 Å². The minimum Gasteiger partial charge on any atom is -0.457 e. The number of halogens is 1. The zero-order valence-electron chi connectivity index (χ0n) is 20.2. The second-order valence-corrected chi connectivity index (χ2v) is 9.15. The molecule has 0 fully saturated rings. The number of rotatable bonds is 4. The molecule has 1 amide bonds. The van der Waals surface area contributed by atoms with Gasteiger partial charge >= 0.3 is 0 Å². The highest BCUT2D eigenvalue weighted by atomic mass is 19.1. The maximum Gasteiger partial charge on any atom is 0.295 e. The zero-order chi connectivity index (χ0) is 25.7. The Bertz CT molecular complexity index is 1730. The average molecular weight is 492 g/mol. The number of hydrogen-bond donors (Lipinski definition) is 0. The Morgan fingerprint density at radius 3 is 2.27 bits per heavy atom. The first-order valence-corrected chi connectivity index (χ1v) is 11.9. The molecule has 37 heavy (non-hydrogen) atoms. The van der Waals surface area contributed by atoms with Gasteiger partial charge in [-0.25, -0.2) is 4.39 Å². The Kier molecular flexibility index (Phi) is 5.37. The number of hydrogen-bond acceptors (Lipinski definition) is 4. The van der Waals surface area contributed by atoms with Gasteiger partial charge in [0.25, 0.3) is 5.91 Å². The van der Waals surface area contributed by atoms with E-state index in [0.717, 1.165) is 11.1 Å². The minimum absolute atomic E-state index is 0.00976. The lowest BCUT2D eigenvalue weighted by Gasteiger charge is -2.25. The fourth-order valence-corrected chi connectivity index (χ4v) is 4.78. The van der Waals surface area contributed by atoms with Gasteiger partial charge in [-0.1, -0.05) is 30.3 Å². The Morgan fingerprint density at radius 1 is 0.811 bits per heavy atom. The summed E-state index contributed by atoms with van der Waals surface area (Å²) in [6.45, 7) is 3.86. The molecule has 1 unspecified atom stereocenters. The molecule has 0 saturated carbocycles. The third-order valence-corrected chi connectivity index (χ3v) is 6.74. The lowest BCUT2D eigenvalue weighted by molar-refractivity contribution is 0.0971. The maximum atomic E-state index is 13.9. The molecule has 1 aliphatic heterocycles. The average Bonchev–Trinajstić information content (AvgIpc) is 3.19. The fourth-order valence-electron chi connectivity index (χ4n) is 4.78. The molecule has 4 aromatic carbocycles. The monoisotopic (exact) mass is 491 g/mol. The lowest BCUT2D eigenvalue weighted by Crippen LogP contribution is -2.29. The molecule has 1 atom stereocenters. The highest BCUT2D eigenvalue weighted by Gasteiger charge is 2.43. The van der Waals surface area contributed by atoms with Crippen LogP contribution < -0.4 is 15.1 Å². The van der Waals surface area contributed by atoms with E-state index in [0.29, 0.717) is 33.7 Å². The van der Waals surface area contributed by atoms with Crippen LogP contribution in [0.1, 0.15) is 38.9 Å². The molecule has 0 N–H and O–H groups in total. The van der Waals surface area contributed by atoms with Gasteiger partial charge in [-0.2, -0.15) is 0 Å².